The minimum absolute atomic E-state index is 0.0437. The minimum atomic E-state index is -0.900. The first-order chi connectivity index (χ1) is 13.9. The van der Waals surface area contributed by atoms with Crippen molar-refractivity contribution < 1.29 is 19.1 Å². The lowest BCUT2D eigenvalue weighted by Gasteiger charge is -2.13. The van der Waals surface area contributed by atoms with Crippen molar-refractivity contribution >= 4 is 34.3 Å². The van der Waals surface area contributed by atoms with E-state index in [1.165, 1.54) is 13.8 Å². The number of aromatic amines is 1. The second-order valence-electron chi connectivity index (χ2n) is 6.97. The lowest BCUT2D eigenvalue weighted by molar-refractivity contribution is -0.153. The van der Waals surface area contributed by atoms with E-state index in [1.54, 1.807) is 24.3 Å². The Morgan fingerprint density at radius 2 is 1.79 bits per heavy atom. The number of rotatable bonds is 8. The molecule has 0 saturated heterocycles. The molecule has 150 valence electrons. The SMILES string of the molecule is CC(=O)c1ccc(NC(=O)C(C)OC(=O)CCCc2c[nH]c3ccccc23)cc1. The van der Waals surface area contributed by atoms with Gasteiger partial charge in [-0.1, -0.05) is 18.2 Å². The Morgan fingerprint density at radius 1 is 1.07 bits per heavy atom. The number of esters is 1. The predicted octanol–water partition coefficient (Wildman–Crippen LogP) is 4.26. The fraction of sp³-hybridized carbons (Fsp3) is 0.261. The van der Waals surface area contributed by atoms with Crippen LogP contribution in [0.25, 0.3) is 10.9 Å². The third-order valence-corrected chi connectivity index (χ3v) is 4.74. The van der Waals surface area contributed by atoms with Gasteiger partial charge in [0.25, 0.3) is 5.91 Å². The molecule has 0 radical (unpaired) electrons. The number of H-pyrrole nitrogens is 1. The summed E-state index contributed by atoms with van der Waals surface area (Å²) in [5.74, 6) is -0.859. The zero-order valence-electron chi connectivity index (χ0n) is 16.5. The number of carbonyl (C=O) groups excluding carboxylic acids is 3. The molecule has 29 heavy (non-hydrogen) atoms. The van der Waals surface area contributed by atoms with Gasteiger partial charge in [0, 0.05) is 34.8 Å². The van der Waals surface area contributed by atoms with Gasteiger partial charge in [-0.15, -0.1) is 0 Å². The topological polar surface area (TPSA) is 88.3 Å². The van der Waals surface area contributed by atoms with Crippen LogP contribution in [0.1, 0.15) is 42.6 Å². The highest BCUT2D eigenvalue weighted by Gasteiger charge is 2.18. The lowest BCUT2D eigenvalue weighted by atomic mass is 10.1. The second kappa shape index (κ2) is 9.19. The highest BCUT2D eigenvalue weighted by atomic mass is 16.5. The summed E-state index contributed by atoms with van der Waals surface area (Å²) >= 11 is 0. The number of hydrogen-bond acceptors (Lipinski definition) is 4. The number of anilines is 1. The Balaban J connectivity index is 1.44. The molecule has 1 heterocycles. The van der Waals surface area contributed by atoms with Crippen LogP contribution in [0.4, 0.5) is 5.69 Å². The molecule has 1 unspecified atom stereocenters. The van der Waals surface area contributed by atoms with Gasteiger partial charge in [-0.2, -0.15) is 0 Å². The van der Waals surface area contributed by atoms with Crippen LogP contribution in [0.15, 0.2) is 54.7 Å². The zero-order chi connectivity index (χ0) is 20.8. The number of ether oxygens (including phenoxy) is 1. The van der Waals surface area contributed by atoms with Crippen molar-refractivity contribution in [3.05, 3.63) is 65.9 Å². The lowest BCUT2D eigenvalue weighted by Crippen LogP contribution is -2.29. The first-order valence-electron chi connectivity index (χ1n) is 9.60. The average molecular weight is 392 g/mol. The van der Waals surface area contributed by atoms with Crippen LogP contribution in [0, 0.1) is 0 Å². The van der Waals surface area contributed by atoms with E-state index in [-0.39, 0.29) is 12.2 Å². The normalized spacial score (nSPS) is 11.8. The Bertz CT molecular complexity index is 1020. The minimum Gasteiger partial charge on any atom is -0.453 e. The van der Waals surface area contributed by atoms with Crippen LogP contribution in [0.3, 0.4) is 0 Å². The van der Waals surface area contributed by atoms with Crippen molar-refractivity contribution in [2.75, 3.05) is 5.32 Å². The van der Waals surface area contributed by atoms with Crippen LogP contribution >= 0.6 is 0 Å². The van der Waals surface area contributed by atoms with Crippen molar-refractivity contribution in [3.8, 4) is 0 Å². The first kappa shape index (κ1) is 20.3. The number of nitrogens with one attached hydrogen (secondary N) is 2. The highest BCUT2D eigenvalue weighted by Crippen LogP contribution is 2.19. The summed E-state index contributed by atoms with van der Waals surface area (Å²) in [4.78, 5) is 38.8. The van der Waals surface area contributed by atoms with E-state index in [2.05, 4.69) is 16.4 Å². The van der Waals surface area contributed by atoms with Gasteiger partial charge >= 0.3 is 5.97 Å². The maximum Gasteiger partial charge on any atom is 0.306 e. The van der Waals surface area contributed by atoms with Crippen LogP contribution in [0.5, 0.6) is 0 Å². The average Bonchev–Trinajstić information content (AvgIpc) is 3.11. The van der Waals surface area contributed by atoms with E-state index < -0.39 is 18.0 Å². The molecule has 0 bridgehead atoms. The van der Waals surface area contributed by atoms with Gasteiger partial charge in [0.15, 0.2) is 11.9 Å². The van der Waals surface area contributed by atoms with Crippen LogP contribution in [-0.2, 0) is 20.7 Å². The van der Waals surface area contributed by atoms with Crippen LogP contribution in [-0.4, -0.2) is 28.7 Å². The first-order valence-corrected chi connectivity index (χ1v) is 9.60. The Hall–Kier alpha value is -3.41. The Morgan fingerprint density at radius 3 is 2.52 bits per heavy atom. The number of para-hydroxylation sites is 1. The molecule has 2 N–H and O–H groups in total. The standard InChI is InChI=1S/C23H24N2O4/c1-15(26)17-10-12-19(13-11-17)25-23(28)16(2)29-22(27)9-5-6-18-14-24-21-8-4-3-7-20(18)21/h3-4,7-8,10-14,16,24H,5-6,9H2,1-2H3,(H,25,28). The molecule has 1 atom stereocenters. The largest absolute Gasteiger partial charge is 0.453 e. The molecule has 6 heteroatoms. The number of fused-ring (bicyclic) bond motifs is 1. The van der Waals surface area contributed by atoms with Gasteiger partial charge in [-0.25, -0.2) is 0 Å². The molecule has 0 aliphatic carbocycles. The van der Waals surface area contributed by atoms with Gasteiger partial charge in [0.2, 0.25) is 0 Å². The monoisotopic (exact) mass is 392 g/mol. The number of aromatic nitrogens is 1. The number of Topliss-reactive ketones (excluding diaryl/α,β-unsaturated/α-hetero) is 1. The number of ketones is 1. The van der Waals surface area contributed by atoms with Crippen molar-refractivity contribution in [2.24, 2.45) is 0 Å². The molecule has 0 saturated carbocycles. The van der Waals surface area contributed by atoms with Crippen molar-refractivity contribution in [3.63, 3.8) is 0 Å². The third-order valence-electron chi connectivity index (χ3n) is 4.74. The maximum atomic E-state index is 12.2. The van der Waals surface area contributed by atoms with Crippen LogP contribution in [0.2, 0.25) is 0 Å². The molecular formula is C23H24N2O4. The number of benzene rings is 2. The molecule has 0 aliphatic rings. The summed E-state index contributed by atoms with van der Waals surface area (Å²) in [5.41, 5.74) is 3.35. The molecule has 2 aromatic carbocycles. The van der Waals surface area contributed by atoms with E-state index in [0.29, 0.717) is 17.7 Å². The number of aryl methyl sites for hydroxylation is 1. The van der Waals surface area contributed by atoms with Gasteiger partial charge in [0.1, 0.15) is 0 Å². The Kier molecular flexibility index (Phi) is 6.44. The molecule has 6 nitrogen and oxygen atoms in total. The fourth-order valence-corrected chi connectivity index (χ4v) is 3.10. The highest BCUT2D eigenvalue weighted by molar-refractivity contribution is 5.97. The van der Waals surface area contributed by atoms with Crippen molar-refractivity contribution in [1.29, 1.82) is 0 Å². The zero-order valence-corrected chi connectivity index (χ0v) is 16.5. The molecule has 3 rings (SSSR count). The molecule has 1 aromatic heterocycles. The summed E-state index contributed by atoms with van der Waals surface area (Å²) in [6.45, 7) is 3.02. The quantitative estimate of drug-likeness (QED) is 0.443. The molecule has 1 amide bonds. The van der Waals surface area contributed by atoms with Gasteiger partial charge < -0.3 is 15.0 Å². The molecule has 0 aliphatic heterocycles. The van der Waals surface area contributed by atoms with E-state index in [0.717, 1.165) is 22.9 Å². The van der Waals surface area contributed by atoms with Gasteiger partial charge in [-0.05, 0) is 62.6 Å². The number of carbonyl (C=O) groups is 3. The smallest absolute Gasteiger partial charge is 0.306 e. The molecule has 0 spiro atoms. The second-order valence-corrected chi connectivity index (χ2v) is 6.97. The Labute approximate surface area is 169 Å². The van der Waals surface area contributed by atoms with E-state index in [4.69, 9.17) is 4.74 Å². The summed E-state index contributed by atoms with van der Waals surface area (Å²) in [6, 6.07) is 14.6. The summed E-state index contributed by atoms with van der Waals surface area (Å²) in [5, 5.41) is 3.84. The van der Waals surface area contributed by atoms with Crippen LogP contribution < -0.4 is 5.32 Å². The molecule has 0 fully saturated rings. The number of hydrogen-bond donors (Lipinski definition) is 2. The van der Waals surface area contributed by atoms with Gasteiger partial charge in [0.05, 0.1) is 0 Å². The summed E-state index contributed by atoms with van der Waals surface area (Å²) in [6.07, 6.45) is 2.69. The van der Waals surface area contributed by atoms with Gasteiger partial charge in [-0.3, -0.25) is 14.4 Å². The van der Waals surface area contributed by atoms with E-state index in [9.17, 15) is 14.4 Å². The fourth-order valence-electron chi connectivity index (χ4n) is 3.10. The molecule has 3 aromatic rings. The van der Waals surface area contributed by atoms with Crippen molar-refractivity contribution in [2.45, 2.75) is 39.2 Å². The molecular weight excluding hydrogens is 368 g/mol. The summed E-state index contributed by atoms with van der Waals surface area (Å²) in [7, 11) is 0. The summed E-state index contributed by atoms with van der Waals surface area (Å²) < 4.78 is 5.24. The maximum absolute atomic E-state index is 12.2. The number of amides is 1. The predicted molar refractivity (Wildman–Crippen MR) is 112 cm³/mol. The van der Waals surface area contributed by atoms with Crippen molar-refractivity contribution in [1.82, 2.24) is 4.98 Å². The third kappa shape index (κ3) is 5.31. The van der Waals surface area contributed by atoms with E-state index >= 15 is 0 Å². The van der Waals surface area contributed by atoms with E-state index in [1.807, 2.05) is 24.4 Å².